The third-order valence-corrected chi connectivity index (χ3v) is 5.35. The molecule has 0 bridgehead atoms. The van der Waals surface area contributed by atoms with Crippen LogP contribution in [0.15, 0.2) is 53.3 Å². The number of unbranched alkanes of at least 4 members (excludes halogenated alkanes) is 1. The van der Waals surface area contributed by atoms with Crippen LogP contribution in [-0.4, -0.2) is 32.8 Å². The van der Waals surface area contributed by atoms with Crippen molar-refractivity contribution < 1.29 is 4.79 Å². The lowest BCUT2D eigenvalue weighted by Crippen LogP contribution is -2.38. The van der Waals surface area contributed by atoms with E-state index < -0.39 is 6.04 Å². The summed E-state index contributed by atoms with van der Waals surface area (Å²) >= 11 is 5.88. The number of halogens is 1. The second-order valence-corrected chi connectivity index (χ2v) is 7.48. The number of alkyl halides is 1. The number of nitrogens with zero attached hydrogens (tertiary/aromatic N) is 3. The standard InChI is InChI=1S/C23H26ClN3O2/c1-4-5-14-26(21(28)15-24)17(3)22-25-20-9-7-6-8-19(20)23(29)27(22)18-12-10-16(2)11-13-18/h6-13,17H,4-5,14-15H2,1-3H3. The van der Waals surface area contributed by atoms with Gasteiger partial charge in [-0.25, -0.2) is 4.98 Å². The number of benzene rings is 2. The fourth-order valence-corrected chi connectivity index (χ4v) is 3.61. The van der Waals surface area contributed by atoms with Crippen LogP contribution < -0.4 is 5.56 Å². The minimum Gasteiger partial charge on any atom is -0.332 e. The van der Waals surface area contributed by atoms with Crippen molar-refractivity contribution in [2.75, 3.05) is 12.4 Å². The second kappa shape index (κ2) is 9.23. The molecule has 29 heavy (non-hydrogen) atoms. The van der Waals surface area contributed by atoms with Gasteiger partial charge in [0.1, 0.15) is 11.7 Å². The minimum atomic E-state index is -0.397. The van der Waals surface area contributed by atoms with E-state index in [4.69, 9.17) is 16.6 Å². The lowest BCUT2D eigenvalue weighted by Gasteiger charge is -2.30. The molecule has 0 aliphatic rings. The van der Waals surface area contributed by atoms with Gasteiger partial charge in [0.05, 0.1) is 22.6 Å². The second-order valence-electron chi connectivity index (χ2n) is 7.21. The predicted molar refractivity (Wildman–Crippen MR) is 118 cm³/mol. The first kappa shape index (κ1) is 21.1. The highest BCUT2D eigenvalue weighted by Gasteiger charge is 2.26. The number of hydrogen-bond acceptors (Lipinski definition) is 3. The van der Waals surface area contributed by atoms with Crippen molar-refractivity contribution >= 4 is 28.4 Å². The van der Waals surface area contributed by atoms with Crippen molar-refractivity contribution in [3.8, 4) is 5.69 Å². The van der Waals surface area contributed by atoms with E-state index in [-0.39, 0.29) is 17.3 Å². The van der Waals surface area contributed by atoms with Gasteiger partial charge in [-0.3, -0.25) is 14.2 Å². The Kier molecular flexibility index (Phi) is 6.70. The van der Waals surface area contributed by atoms with Gasteiger partial charge < -0.3 is 4.90 Å². The molecule has 3 aromatic rings. The minimum absolute atomic E-state index is 0.101. The summed E-state index contributed by atoms with van der Waals surface area (Å²) in [5, 5.41) is 0.549. The van der Waals surface area contributed by atoms with Crippen LogP contribution in [0.2, 0.25) is 0 Å². The van der Waals surface area contributed by atoms with Gasteiger partial charge in [-0.1, -0.05) is 43.2 Å². The van der Waals surface area contributed by atoms with Crippen molar-refractivity contribution in [1.82, 2.24) is 14.5 Å². The highest BCUT2D eigenvalue weighted by molar-refractivity contribution is 6.27. The van der Waals surface area contributed by atoms with Crippen molar-refractivity contribution in [3.05, 3.63) is 70.3 Å². The summed E-state index contributed by atoms with van der Waals surface area (Å²) in [6, 6.07) is 14.6. The molecule has 6 heteroatoms. The molecule has 0 saturated heterocycles. The first-order valence-electron chi connectivity index (χ1n) is 9.92. The lowest BCUT2D eigenvalue weighted by atomic mass is 10.1. The first-order valence-corrected chi connectivity index (χ1v) is 10.5. The quantitative estimate of drug-likeness (QED) is 0.533. The van der Waals surface area contributed by atoms with E-state index >= 15 is 0 Å². The molecule has 2 aromatic carbocycles. The van der Waals surface area contributed by atoms with Gasteiger partial charge in [-0.2, -0.15) is 0 Å². The van der Waals surface area contributed by atoms with E-state index in [1.807, 2.05) is 56.3 Å². The van der Waals surface area contributed by atoms with Crippen molar-refractivity contribution in [2.45, 2.75) is 39.7 Å². The molecule has 152 valence electrons. The Bertz CT molecular complexity index is 1060. The molecular formula is C23H26ClN3O2. The summed E-state index contributed by atoms with van der Waals surface area (Å²) in [6.07, 6.45) is 1.81. The molecule has 0 spiro atoms. The SMILES string of the molecule is CCCCN(C(=O)CCl)C(C)c1nc2ccccc2c(=O)n1-c1ccc(C)cc1. The summed E-state index contributed by atoms with van der Waals surface area (Å²) in [5.41, 5.74) is 2.31. The molecule has 0 radical (unpaired) electrons. The first-order chi connectivity index (χ1) is 14.0. The lowest BCUT2D eigenvalue weighted by molar-refractivity contribution is -0.130. The smallest absolute Gasteiger partial charge is 0.266 e. The van der Waals surface area contributed by atoms with E-state index in [9.17, 15) is 9.59 Å². The normalized spacial score (nSPS) is 12.1. The van der Waals surface area contributed by atoms with Crippen LogP contribution in [0.3, 0.4) is 0 Å². The van der Waals surface area contributed by atoms with E-state index in [1.165, 1.54) is 0 Å². The maximum Gasteiger partial charge on any atom is 0.266 e. The Morgan fingerprint density at radius 3 is 2.52 bits per heavy atom. The summed E-state index contributed by atoms with van der Waals surface area (Å²) in [6.45, 7) is 6.55. The average molecular weight is 412 g/mol. The number of aryl methyl sites for hydroxylation is 1. The number of para-hydroxylation sites is 1. The number of carbonyl (C=O) groups is 1. The van der Waals surface area contributed by atoms with Crippen molar-refractivity contribution in [1.29, 1.82) is 0 Å². The highest BCUT2D eigenvalue weighted by Crippen LogP contribution is 2.24. The van der Waals surface area contributed by atoms with Gasteiger partial charge in [0.2, 0.25) is 5.91 Å². The van der Waals surface area contributed by atoms with E-state index in [0.717, 1.165) is 24.1 Å². The van der Waals surface area contributed by atoms with Gasteiger partial charge in [0.25, 0.3) is 5.56 Å². The zero-order valence-corrected chi connectivity index (χ0v) is 17.8. The van der Waals surface area contributed by atoms with Gasteiger partial charge in [0, 0.05) is 6.54 Å². The molecule has 3 rings (SSSR count). The summed E-state index contributed by atoms with van der Waals surface area (Å²) in [4.78, 5) is 32.5. The Labute approximate surface area is 175 Å². The summed E-state index contributed by atoms with van der Waals surface area (Å²) in [5.74, 6) is 0.272. The largest absolute Gasteiger partial charge is 0.332 e. The zero-order valence-electron chi connectivity index (χ0n) is 17.1. The zero-order chi connectivity index (χ0) is 21.0. The molecule has 1 aromatic heterocycles. The Morgan fingerprint density at radius 1 is 1.17 bits per heavy atom. The molecule has 0 aliphatic carbocycles. The monoisotopic (exact) mass is 411 g/mol. The number of carbonyl (C=O) groups excluding carboxylic acids is 1. The maximum atomic E-state index is 13.4. The number of rotatable bonds is 7. The van der Waals surface area contributed by atoms with Gasteiger partial charge >= 0.3 is 0 Å². The fourth-order valence-electron chi connectivity index (χ4n) is 3.45. The fraction of sp³-hybridized carbons (Fsp3) is 0.348. The molecule has 1 unspecified atom stereocenters. The van der Waals surface area contributed by atoms with Gasteiger partial charge in [-0.15, -0.1) is 11.6 Å². The molecule has 0 N–H and O–H groups in total. The van der Waals surface area contributed by atoms with Crippen LogP contribution in [0.1, 0.15) is 44.1 Å². The molecule has 1 atom stereocenters. The molecular weight excluding hydrogens is 386 g/mol. The number of aromatic nitrogens is 2. The Hall–Kier alpha value is -2.66. The maximum absolute atomic E-state index is 13.4. The van der Waals surface area contributed by atoms with Crippen LogP contribution in [-0.2, 0) is 4.79 Å². The van der Waals surface area contributed by atoms with Gasteiger partial charge in [-0.05, 0) is 44.5 Å². The highest BCUT2D eigenvalue weighted by atomic mass is 35.5. The molecule has 0 aliphatic heterocycles. The molecule has 1 amide bonds. The number of hydrogen-bond donors (Lipinski definition) is 0. The molecule has 1 heterocycles. The third kappa shape index (κ3) is 4.35. The number of fused-ring (bicyclic) bond motifs is 1. The Balaban J connectivity index is 2.24. The predicted octanol–water partition coefficient (Wildman–Crippen LogP) is 4.62. The van der Waals surface area contributed by atoms with Crippen LogP contribution in [0, 0.1) is 6.92 Å². The van der Waals surface area contributed by atoms with E-state index in [2.05, 4.69) is 6.92 Å². The van der Waals surface area contributed by atoms with Crippen molar-refractivity contribution in [2.24, 2.45) is 0 Å². The van der Waals surface area contributed by atoms with Crippen molar-refractivity contribution in [3.63, 3.8) is 0 Å². The third-order valence-electron chi connectivity index (χ3n) is 5.12. The molecule has 0 saturated carbocycles. The van der Waals surface area contributed by atoms with Crippen LogP contribution >= 0.6 is 11.6 Å². The Morgan fingerprint density at radius 2 is 1.86 bits per heavy atom. The summed E-state index contributed by atoms with van der Waals surface area (Å²) in [7, 11) is 0. The molecule has 5 nitrogen and oxygen atoms in total. The van der Waals surface area contributed by atoms with Crippen LogP contribution in [0.4, 0.5) is 0 Å². The van der Waals surface area contributed by atoms with Crippen LogP contribution in [0.5, 0.6) is 0 Å². The van der Waals surface area contributed by atoms with Gasteiger partial charge in [0.15, 0.2) is 0 Å². The van der Waals surface area contributed by atoms with E-state index in [0.29, 0.717) is 23.3 Å². The summed E-state index contributed by atoms with van der Waals surface area (Å²) < 4.78 is 1.62. The van der Waals surface area contributed by atoms with E-state index in [1.54, 1.807) is 15.5 Å². The average Bonchev–Trinajstić information content (AvgIpc) is 2.74. The van der Waals surface area contributed by atoms with Crippen LogP contribution in [0.25, 0.3) is 16.6 Å². The number of amides is 1. The topological polar surface area (TPSA) is 55.2 Å². The molecule has 0 fully saturated rings.